The van der Waals surface area contributed by atoms with E-state index in [1.807, 2.05) is 0 Å². The van der Waals surface area contributed by atoms with Crippen molar-refractivity contribution in [2.45, 2.75) is 25.7 Å². The van der Waals surface area contributed by atoms with E-state index >= 15 is 0 Å². The summed E-state index contributed by atoms with van der Waals surface area (Å²) >= 11 is 4.63. The molecule has 3 aliphatic rings. The molecule has 0 unspecified atom stereocenters. The van der Waals surface area contributed by atoms with E-state index in [2.05, 4.69) is 22.4 Å². The highest BCUT2D eigenvalue weighted by atomic mass is 32.1. The molecule has 4 heteroatoms. The summed E-state index contributed by atoms with van der Waals surface area (Å²) in [6, 6.07) is 0. The molecule has 1 aliphatic carbocycles. The Morgan fingerprint density at radius 3 is 2.21 bits per heavy atom. The third kappa shape index (κ3) is 3.87. The first kappa shape index (κ1) is 14.2. The molecule has 0 atom stereocenters. The lowest BCUT2D eigenvalue weighted by Gasteiger charge is -2.43. The lowest BCUT2D eigenvalue weighted by molar-refractivity contribution is -0.00111. The molecular formula is C15H28N2OS. The van der Waals surface area contributed by atoms with Crippen molar-refractivity contribution in [3.05, 3.63) is 0 Å². The van der Waals surface area contributed by atoms with Gasteiger partial charge in [-0.05, 0) is 42.8 Å². The monoisotopic (exact) mass is 284 g/mol. The molecule has 1 saturated carbocycles. The van der Waals surface area contributed by atoms with Gasteiger partial charge in [0.15, 0.2) is 0 Å². The van der Waals surface area contributed by atoms with Gasteiger partial charge in [-0.2, -0.15) is 12.6 Å². The number of rotatable bonds is 5. The number of nitrogens with zero attached hydrogens (tertiary/aromatic N) is 2. The van der Waals surface area contributed by atoms with Crippen LogP contribution in [-0.2, 0) is 4.74 Å². The van der Waals surface area contributed by atoms with E-state index in [1.54, 1.807) is 0 Å². The van der Waals surface area contributed by atoms with Gasteiger partial charge in [0.1, 0.15) is 0 Å². The first-order chi connectivity index (χ1) is 9.30. The maximum atomic E-state index is 5.52. The predicted molar refractivity (Wildman–Crippen MR) is 81.9 cm³/mol. The zero-order chi connectivity index (χ0) is 13.1. The summed E-state index contributed by atoms with van der Waals surface area (Å²) in [7, 11) is 0. The molecule has 2 aliphatic heterocycles. The number of ether oxygens (including phenoxy) is 1. The van der Waals surface area contributed by atoms with E-state index in [0.717, 1.165) is 24.9 Å². The minimum absolute atomic E-state index is 0.417. The molecule has 3 fully saturated rings. The van der Waals surface area contributed by atoms with Crippen LogP contribution in [-0.4, -0.2) is 68.0 Å². The van der Waals surface area contributed by atoms with Crippen LogP contribution in [0.25, 0.3) is 0 Å². The molecular weight excluding hydrogens is 256 g/mol. The number of hydrogen-bond donors (Lipinski definition) is 1. The molecule has 2 heterocycles. The Kier molecular flexibility index (Phi) is 4.73. The van der Waals surface area contributed by atoms with Crippen LogP contribution in [0, 0.1) is 11.3 Å². The Morgan fingerprint density at radius 2 is 1.63 bits per heavy atom. The molecule has 3 rings (SSSR count). The molecule has 0 radical (unpaired) electrons. The molecule has 0 bridgehead atoms. The van der Waals surface area contributed by atoms with Crippen LogP contribution in [0.4, 0.5) is 0 Å². The highest BCUT2D eigenvalue weighted by Gasteiger charge is 2.34. The van der Waals surface area contributed by atoms with Crippen molar-refractivity contribution < 1.29 is 4.74 Å². The van der Waals surface area contributed by atoms with Gasteiger partial charge < -0.3 is 14.5 Å². The fourth-order valence-electron chi connectivity index (χ4n) is 3.44. The molecule has 0 amide bonds. The fraction of sp³-hybridized carbons (Fsp3) is 1.00. The largest absolute Gasteiger partial charge is 0.381 e. The van der Waals surface area contributed by atoms with E-state index in [1.165, 1.54) is 65.0 Å². The SMILES string of the molecule is SCC1(CN2CCN(CC3CC3)CC2)CCOCC1. The molecule has 0 N–H and O–H groups in total. The average molecular weight is 284 g/mol. The second-order valence-electron chi connectivity index (χ2n) is 6.79. The van der Waals surface area contributed by atoms with Crippen molar-refractivity contribution in [1.82, 2.24) is 9.80 Å². The summed E-state index contributed by atoms with van der Waals surface area (Å²) < 4.78 is 5.52. The van der Waals surface area contributed by atoms with Gasteiger partial charge in [0.05, 0.1) is 0 Å². The van der Waals surface area contributed by atoms with Gasteiger partial charge in [0.2, 0.25) is 0 Å². The van der Waals surface area contributed by atoms with E-state index in [4.69, 9.17) is 4.74 Å². The summed E-state index contributed by atoms with van der Waals surface area (Å²) in [5.41, 5.74) is 0.417. The van der Waals surface area contributed by atoms with Gasteiger partial charge >= 0.3 is 0 Å². The summed E-state index contributed by atoms with van der Waals surface area (Å²) in [5.74, 6) is 2.05. The molecule has 0 spiro atoms. The van der Waals surface area contributed by atoms with Gasteiger partial charge in [-0.25, -0.2) is 0 Å². The average Bonchev–Trinajstić information content (AvgIpc) is 3.26. The minimum Gasteiger partial charge on any atom is -0.381 e. The zero-order valence-electron chi connectivity index (χ0n) is 12.0. The molecule has 19 heavy (non-hydrogen) atoms. The third-order valence-corrected chi connectivity index (χ3v) is 5.80. The van der Waals surface area contributed by atoms with Crippen molar-refractivity contribution in [2.75, 3.05) is 58.2 Å². The molecule has 110 valence electrons. The van der Waals surface area contributed by atoms with Gasteiger partial charge in [-0.1, -0.05) is 0 Å². The molecule has 3 nitrogen and oxygen atoms in total. The Bertz CT molecular complexity index is 282. The second-order valence-corrected chi connectivity index (χ2v) is 7.11. The van der Waals surface area contributed by atoms with Crippen LogP contribution in [0.2, 0.25) is 0 Å². The Labute approximate surface area is 123 Å². The lowest BCUT2D eigenvalue weighted by atomic mass is 9.81. The topological polar surface area (TPSA) is 15.7 Å². The first-order valence-corrected chi connectivity index (χ1v) is 8.56. The molecule has 0 aromatic carbocycles. The van der Waals surface area contributed by atoms with Crippen LogP contribution < -0.4 is 0 Å². The summed E-state index contributed by atoms with van der Waals surface area (Å²) in [4.78, 5) is 5.34. The Hall–Kier alpha value is 0.230. The fourth-order valence-corrected chi connectivity index (χ4v) is 3.86. The maximum Gasteiger partial charge on any atom is 0.0472 e. The van der Waals surface area contributed by atoms with Gasteiger partial charge in [-0.15, -0.1) is 0 Å². The van der Waals surface area contributed by atoms with Crippen molar-refractivity contribution in [3.63, 3.8) is 0 Å². The zero-order valence-corrected chi connectivity index (χ0v) is 12.9. The summed E-state index contributed by atoms with van der Waals surface area (Å²) in [6.45, 7) is 9.51. The maximum absolute atomic E-state index is 5.52. The molecule has 2 saturated heterocycles. The number of hydrogen-bond acceptors (Lipinski definition) is 4. The highest BCUT2D eigenvalue weighted by molar-refractivity contribution is 7.80. The van der Waals surface area contributed by atoms with E-state index < -0.39 is 0 Å². The smallest absolute Gasteiger partial charge is 0.0472 e. The predicted octanol–water partition coefficient (Wildman–Crippen LogP) is 1.74. The van der Waals surface area contributed by atoms with Crippen molar-refractivity contribution in [3.8, 4) is 0 Å². The molecule has 0 aromatic rings. The van der Waals surface area contributed by atoms with Crippen molar-refractivity contribution >= 4 is 12.6 Å². The van der Waals surface area contributed by atoms with E-state index in [-0.39, 0.29) is 0 Å². The summed E-state index contributed by atoms with van der Waals surface area (Å²) in [5, 5.41) is 0. The third-order valence-electron chi connectivity index (χ3n) is 5.13. The van der Waals surface area contributed by atoms with Crippen LogP contribution in [0.5, 0.6) is 0 Å². The highest BCUT2D eigenvalue weighted by Crippen LogP contribution is 2.33. The summed E-state index contributed by atoms with van der Waals surface area (Å²) in [6.07, 6.45) is 5.34. The first-order valence-electron chi connectivity index (χ1n) is 7.93. The quantitative estimate of drug-likeness (QED) is 0.775. The van der Waals surface area contributed by atoms with E-state index in [9.17, 15) is 0 Å². The Morgan fingerprint density at radius 1 is 1.00 bits per heavy atom. The number of piperazine rings is 1. The second kappa shape index (κ2) is 6.33. The standard InChI is InChI=1S/C15H28N2OS/c19-13-15(3-9-18-10-4-15)12-17-7-5-16(6-8-17)11-14-1-2-14/h14,19H,1-13H2. The van der Waals surface area contributed by atoms with Gasteiger partial charge in [0.25, 0.3) is 0 Å². The minimum atomic E-state index is 0.417. The van der Waals surface area contributed by atoms with Crippen LogP contribution >= 0.6 is 12.6 Å². The van der Waals surface area contributed by atoms with Crippen LogP contribution in [0.15, 0.2) is 0 Å². The lowest BCUT2D eigenvalue weighted by Crippen LogP contribution is -2.51. The van der Waals surface area contributed by atoms with E-state index in [0.29, 0.717) is 5.41 Å². The molecule has 0 aromatic heterocycles. The van der Waals surface area contributed by atoms with Crippen molar-refractivity contribution in [2.24, 2.45) is 11.3 Å². The van der Waals surface area contributed by atoms with Gasteiger partial charge in [-0.3, -0.25) is 0 Å². The normalized spacial score (nSPS) is 29.5. The Balaban J connectivity index is 1.44. The van der Waals surface area contributed by atoms with Crippen molar-refractivity contribution in [1.29, 1.82) is 0 Å². The van der Waals surface area contributed by atoms with Gasteiger partial charge in [0, 0.05) is 52.5 Å². The van der Waals surface area contributed by atoms with Crippen LogP contribution in [0.1, 0.15) is 25.7 Å². The number of thiol groups is 1. The van der Waals surface area contributed by atoms with Crippen LogP contribution in [0.3, 0.4) is 0 Å².